The van der Waals surface area contributed by atoms with Crippen molar-refractivity contribution < 1.29 is 0 Å². The lowest BCUT2D eigenvalue weighted by Crippen LogP contribution is -1.88. The van der Waals surface area contributed by atoms with Crippen LogP contribution in [0.5, 0.6) is 0 Å². The minimum absolute atomic E-state index is 0.587. The monoisotopic (exact) mass is 247 g/mol. The molecule has 3 nitrogen and oxygen atoms in total. The summed E-state index contributed by atoms with van der Waals surface area (Å²) < 4.78 is 0. The number of nitrogens with zero attached hydrogens (tertiary/aromatic N) is 1. The van der Waals surface area contributed by atoms with Crippen molar-refractivity contribution in [1.29, 1.82) is 0 Å². The Balaban J connectivity index is 2.04. The molecule has 1 aromatic heterocycles. The van der Waals surface area contributed by atoms with Crippen LogP contribution in [-0.2, 0) is 0 Å². The molecule has 0 radical (unpaired) electrons. The maximum absolute atomic E-state index is 5.92. The number of aromatic amines is 1. The zero-order chi connectivity index (χ0) is 12.0. The molecule has 4 heteroatoms. The average molecular weight is 248 g/mol. The first-order chi connectivity index (χ1) is 8.15. The van der Waals surface area contributed by atoms with Crippen LogP contribution in [0.3, 0.4) is 0 Å². The molecule has 1 aliphatic rings. The van der Waals surface area contributed by atoms with E-state index in [0.29, 0.717) is 16.6 Å². The third kappa shape index (κ3) is 1.91. The van der Waals surface area contributed by atoms with E-state index in [-0.39, 0.29) is 0 Å². The molecule has 1 fully saturated rings. The molecule has 3 rings (SSSR count). The topological polar surface area (TPSA) is 54.7 Å². The molecule has 0 aliphatic heterocycles. The fourth-order valence-corrected chi connectivity index (χ4v) is 2.12. The lowest BCUT2D eigenvalue weighted by molar-refractivity contribution is 0.969. The van der Waals surface area contributed by atoms with Crippen LogP contribution in [0.15, 0.2) is 18.2 Å². The molecular formula is C13H14ClN3. The molecular weight excluding hydrogens is 234 g/mol. The Bertz CT molecular complexity index is 570. The second-order valence-electron chi connectivity index (χ2n) is 4.61. The summed E-state index contributed by atoms with van der Waals surface area (Å²) in [5.74, 6) is 1.73. The number of rotatable bonds is 2. The van der Waals surface area contributed by atoms with Gasteiger partial charge < -0.3 is 10.7 Å². The quantitative estimate of drug-likeness (QED) is 0.798. The van der Waals surface area contributed by atoms with Crippen molar-refractivity contribution >= 4 is 17.3 Å². The van der Waals surface area contributed by atoms with Gasteiger partial charge in [-0.15, -0.1) is 0 Å². The van der Waals surface area contributed by atoms with Crippen LogP contribution in [-0.4, -0.2) is 9.97 Å². The van der Waals surface area contributed by atoms with Crippen LogP contribution < -0.4 is 5.73 Å². The van der Waals surface area contributed by atoms with E-state index in [1.165, 1.54) is 12.8 Å². The number of halogens is 1. The van der Waals surface area contributed by atoms with Gasteiger partial charge >= 0.3 is 0 Å². The highest BCUT2D eigenvalue weighted by molar-refractivity contribution is 6.33. The molecule has 0 atom stereocenters. The number of benzene rings is 1. The van der Waals surface area contributed by atoms with E-state index in [4.69, 9.17) is 17.3 Å². The van der Waals surface area contributed by atoms with Crippen molar-refractivity contribution in [3.8, 4) is 11.3 Å². The molecule has 0 unspecified atom stereocenters. The van der Waals surface area contributed by atoms with E-state index in [9.17, 15) is 0 Å². The zero-order valence-corrected chi connectivity index (χ0v) is 10.4. The largest absolute Gasteiger partial charge is 0.398 e. The highest BCUT2D eigenvalue weighted by Crippen LogP contribution is 2.40. The molecule has 1 aromatic carbocycles. The minimum Gasteiger partial charge on any atom is -0.398 e. The summed E-state index contributed by atoms with van der Waals surface area (Å²) in [7, 11) is 0. The number of aromatic nitrogens is 2. The lowest BCUT2D eigenvalue weighted by Gasteiger charge is -2.02. The Morgan fingerprint density at radius 1 is 1.41 bits per heavy atom. The normalized spacial score (nSPS) is 15.2. The molecule has 1 heterocycles. The van der Waals surface area contributed by atoms with Crippen LogP contribution in [0.25, 0.3) is 11.3 Å². The van der Waals surface area contributed by atoms with Gasteiger partial charge in [0.1, 0.15) is 5.82 Å². The van der Waals surface area contributed by atoms with Gasteiger partial charge in [-0.25, -0.2) is 4.98 Å². The summed E-state index contributed by atoms with van der Waals surface area (Å²) in [5.41, 5.74) is 9.51. The van der Waals surface area contributed by atoms with E-state index in [2.05, 4.69) is 9.97 Å². The Labute approximate surface area is 105 Å². The van der Waals surface area contributed by atoms with Crippen LogP contribution >= 0.6 is 11.6 Å². The van der Waals surface area contributed by atoms with Crippen molar-refractivity contribution in [3.05, 3.63) is 34.7 Å². The van der Waals surface area contributed by atoms with Gasteiger partial charge in [-0.3, -0.25) is 0 Å². The summed E-state index contributed by atoms with van der Waals surface area (Å²) in [6, 6.07) is 5.65. The molecule has 2 aromatic rings. The van der Waals surface area contributed by atoms with Gasteiger partial charge in [-0.1, -0.05) is 17.7 Å². The standard InChI is InChI=1S/C13H14ClN3/c1-7-12(17-13(16-7)8-2-3-8)9-4-5-10(14)11(15)6-9/h4-6,8H,2-3,15H2,1H3,(H,16,17). The zero-order valence-electron chi connectivity index (χ0n) is 9.63. The third-order valence-electron chi connectivity index (χ3n) is 3.14. The molecule has 88 valence electrons. The Morgan fingerprint density at radius 2 is 2.18 bits per heavy atom. The van der Waals surface area contributed by atoms with Gasteiger partial charge in [0.25, 0.3) is 0 Å². The van der Waals surface area contributed by atoms with Crippen molar-refractivity contribution in [3.63, 3.8) is 0 Å². The van der Waals surface area contributed by atoms with Crippen LogP contribution in [0.1, 0.15) is 30.3 Å². The number of nitrogen functional groups attached to an aromatic ring is 1. The fraction of sp³-hybridized carbons (Fsp3) is 0.308. The van der Waals surface area contributed by atoms with Gasteiger partial charge in [-0.05, 0) is 31.9 Å². The first-order valence-corrected chi connectivity index (χ1v) is 6.15. The molecule has 0 spiro atoms. The average Bonchev–Trinajstić information content (AvgIpc) is 3.07. The first-order valence-electron chi connectivity index (χ1n) is 5.77. The number of imidazole rings is 1. The van der Waals surface area contributed by atoms with Crippen molar-refractivity contribution in [1.82, 2.24) is 9.97 Å². The number of H-pyrrole nitrogens is 1. The summed E-state index contributed by atoms with van der Waals surface area (Å²) >= 11 is 5.92. The second kappa shape index (κ2) is 3.77. The maximum atomic E-state index is 5.92. The van der Waals surface area contributed by atoms with E-state index in [1.54, 1.807) is 0 Å². The summed E-state index contributed by atoms with van der Waals surface area (Å²) in [6.45, 7) is 2.04. The number of nitrogens with two attached hydrogens (primary N) is 1. The summed E-state index contributed by atoms with van der Waals surface area (Å²) in [4.78, 5) is 8.01. The minimum atomic E-state index is 0.587. The molecule has 0 saturated heterocycles. The first kappa shape index (κ1) is 10.7. The lowest BCUT2D eigenvalue weighted by atomic mass is 10.1. The van der Waals surface area contributed by atoms with Crippen LogP contribution in [0.4, 0.5) is 5.69 Å². The Morgan fingerprint density at radius 3 is 2.82 bits per heavy atom. The number of hydrogen-bond acceptors (Lipinski definition) is 2. The van der Waals surface area contributed by atoms with Gasteiger partial charge in [0, 0.05) is 17.2 Å². The van der Waals surface area contributed by atoms with E-state index in [0.717, 1.165) is 22.8 Å². The Kier molecular flexibility index (Phi) is 2.37. The van der Waals surface area contributed by atoms with E-state index < -0.39 is 0 Å². The molecule has 0 bridgehead atoms. The van der Waals surface area contributed by atoms with E-state index in [1.807, 2.05) is 25.1 Å². The highest BCUT2D eigenvalue weighted by atomic mass is 35.5. The highest BCUT2D eigenvalue weighted by Gasteiger charge is 2.27. The predicted molar refractivity (Wildman–Crippen MR) is 70.2 cm³/mol. The van der Waals surface area contributed by atoms with Gasteiger partial charge in [-0.2, -0.15) is 0 Å². The van der Waals surface area contributed by atoms with Crippen LogP contribution in [0, 0.1) is 6.92 Å². The summed E-state index contributed by atoms with van der Waals surface area (Å²) in [5, 5.41) is 0.587. The van der Waals surface area contributed by atoms with Crippen molar-refractivity contribution in [2.75, 3.05) is 5.73 Å². The molecule has 0 amide bonds. The molecule has 3 N–H and O–H groups in total. The van der Waals surface area contributed by atoms with Crippen molar-refractivity contribution in [2.24, 2.45) is 0 Å². The number of aryl methyl sites for hydroxylation is 1. The van der Waals surface area contributed by atoms with E-state index >= 15 is 0 Å². The van der Waals surface area contributed by atoms with Gasteiger partial charge in [0.05, 0.1) is 16.4 Å². The third-order valence-corrected chi connectivity index (χ3v) is 3.48. The molecule has 1 saturated carbocycles. The smallest absolute Gasteiger partial charge is 0.110 e. The van der Waals surface area contributed by atoms with Crippen molar-refractivity contribution in [2.45, 2.75) is 25.7 Å². The summed E-state index contributed by atoms with van der Waals surface area (Å²) in [6.07, 6.45) is 2.49. The number of hydrogen-bond donors (Lipinski definition) is 2. The maximum Gasteiger partial charge on any atom is 0.110 e. The van der Waals surface area contributed by atoms with Crippen LogP contribution in [0.2, 0.25) is 5.02 Å². The SMILES string of the molecule is Cc1[nH]c(C2CC2)nc1-c1ccc(Cl)c(N)c1. The Hall–Kier alpha value is -1.48. The fourth-order valence-electron chi connectivity index (χ4n) is 2.01. The molecule has 1 aliphatic carbocycles. The number of nitrogens with one attached hydrogen (secondary N) is 1. The van der Waals surface area contributed by atoms with Gasteiger partial charge in [0.2, 0.25) is 0 Å². The predicted octanol–water partition coefficient (Wildman–Crippen LogP) is 3.50. The molecule has 17 heavy (non-hydrogen) atoms. The van der Waals surface area contributed by atoms with Gasteiger partial charge in [0.15, 0.2) is 0 Å². The number of anilines is 1. The second-order valence-corrected chi connectivity index (χ2v) is 5.01.